The lowest BCUT2D eigenvalue weighted by Gasteiger charge is -2.15. The topological polar surface area (TPSA) is 96.7 Å². The van der Waals surface area contributed by atoms with Gasteiger partial charge < -0.3 is 19.9 Å². The van der Waals surface area contributed by atoms with E-state index >= 15 is 0 Å². The van der Waals surface area contributed by atoms with Crippen molar-refractivity contribution in [1.82, 2.24) is 10.5 Å². The van der Waals surface area contributed by atoms with E-state index in [-0.39, 0.29) is 19.0 Å². The minimum atomic E-state index is -0.563. The normalized spacial score (nSPS) is 15.5. The average molecular weight is 438 g/mol. The second kappa shape index (κ2) is 9.09. The summed E-state index contributed by atoms with van der Waals surface area (Å²) in [6.07, 6.45) is -1.04. The molecule has 1 atom stereocenters. The van der Waals surface area contributed by atoms with Gasteiger partial charge >= 0.3 is 6.09 Å². The van der Waals surface area contributed by atoms with E-state index in [2.05, 4.69) is 15.8 Å². The number of nitrogens with one attached hydrogen (secondary N) is 2. The number of aromatic nitrogens is 1. The number of hydrogen-bond donors (Lipinski definition) is 2. The van der Waals surface area contributed by atoms with E-state index in [1.54, 1.807) is 12.1 Å². The van der Waals surface area contributed by atoms with E-state index in [1.165, 1.54) is 17.9 Å². The zero-order valence-corrected chi connectivity index (χ0v) is 17.7. The maximum absolute atomic E-state index is 14.9. The van der Waals surface area contributed by atoms with Crippen LogP contribution in [-0.2, 0) is 16.1 Å². The van der Waals surface area contributed by atoms with Crippen LogP contribution in [-0.4, -0.2) is 36.4 Å². The monoisotopic (exact) mass is 438 g/mol. The number of anilines is 2. The molecule has 0 spiro atoms. The number of cyclic esters (lactones) is 1. The van der Waals surface area contributed by atoms with Gasteiger partial charge in [-0.25, -0.2) is 9.18 Å². The van der Waals surface area contributed by atoms with Gasteiger partial charge in [0.2, 0.25) is 5.91 Å². The lowest BCUT2D eigenvalue weighted by molar-refractivity contribution is -0.119. The van der Waals surface area contributed by atoms with E-state index in [4.69, 9.17) is 9.26 Å². The summed E-state index contributed by atoms with van der Waals surface area (Å²) in [6.45, 7) is 4.23. The van der Waals surface area contributed by atoms with Gasteiger partial charge in [0.25, 0.3) is 0 Å². The van der Waals surface area contributed by atoms with Crippen LogP contribution in [0.3, 0.4) is 0 Å². The summed E-state index contributed by atoms with van der Waals surface area (Å²) in [6, 6.07) is 14.0. The van der Waals surface area contributed by atoms with E-state index in [0.29, 0.717) is 23.6 Å². The first-order valence-electron chi connectivity index (χ1n) is 10.2. The van der Waals surface area contributed by atoms with Crippen molar-refractivity contribution in [1.29, 1.82) is 0 Å². The Bertz CT molecular complexity index is 1130. The predicted octanol–water partition coefficient (Wildman–Crippen LogP) is 3.86. The summed E-state index contributed by atoms with van der Waals surface area (Å²) in [5.74, 6) is 0.745. The lowest BCUT2D eigenvalue weighted by atomic mass is 10.0. The van der Waals surface area contributed by atoms with Gasteiger partial charge in [0.15, 0.2) is 5.82 Å². The number of nitrogens with zero attached hydrogens (tertiary/aromatic N) is 2. The molecule has 0 bridgehead atoms. The smallest absolute Gasteiger partial charge is 0.414 e. The molecule has 1 aliphatic heterocycles. The third-order valence-electron chi connectivity index (χ3n) is 5.08. The molecular weight excluding hydrogens is 415 g/mol. The molecule has 1 aliphatic rings. The molecule has 2 heterocycles. The summed E-state index contributed by atoms with van der Waals surface area (Å²) >= 11 is 0. The molecular formula is C23H23FN4O4. The van der Waals surface area contributed by atoms with Crippen molar-refractivity contribution in [2.75, 3.05) is 23.3 Å². The van der Waals surface area contributed by atoms with Gasteiger partial charge in [0.05, 0.1) is 18.8 Å². The fourth-order valence-corrected chi connectivity index (χ4v) is 3.45. The van der Waals surface area contributed by atoms with Crippen LogP contribution in [0.5, 0.6) is 0 Å². The first-order chi connectivity index (χ1) is 15.4. The molecule has 1 aromatic heterocycles. The van der Waals surface area contributed by atoms with Crippen molar-refractivity contribution in [2.45, 2.75) is 26.5 Å². The molecule has 4 rings (SSSR count). The highest BCUT2D eigenvalue weighted by atomic mass is 19.1. The number of hydrogen-bond acceptors (Lipinski definition) is 6. The first-order valence-corrected chi connectivity index (χ1v) is 10.2. The first kappa shape index (κ1) is 21.4. The van der Waals surface area contributed by atoms with Crippen molar-refractivity contribution in [3.63, 3.8) is 0 Å². The summed E-state index contributed by atoms with van der Waals surface area (Å²) in [4.78, 5) is 24.6. The molecule has 1 saturated heterocycles. The van der Waals surface area contributed by atoms with Gasteiger partial charge in [-0.1, -0.05) is 29.4 Å². The molecule has 0 saturated carbocycles. The second-order valence-corrected chi connectivity index (χ2v) is 7.59. The molecule has 166 valence electrons. The Labute approximate surface area is 184 Å². The van der Waals surface area contributed by atoms with Gasteiger partial charge in [0, 0.05) is 25.1 Å². The van der Waals surface area contributed by atoms with Gasteiger partial charge in [-0.2, -0.15) is 0 Å². The fourth-order valence-electron chi connectivity index (χ4n) is 3.45. The summed E-state index contributed by atoms with van der Waals surface area (Å²) < 4.78 is 25.1. The molecule has 0 aliphatic carbocycles. The molecule has 1 unspecified atom stereocenters. The minimum absolute atomic E-state index is 0.204. The van der Waals surface area contributed by atoms with Crippen LogP contribution in [0.4, 0.5) is 20.7 Å². The van der Waals surface area contributed by atoms with Crippen LogP contribution in [0.15, 0.2) is 53.1 Å². The van der Waals surface area contributed by atoms with Crippen molar-refractivity contribution in [3.05, 3.63) is 65.7 Å². The molecule has 1 fully saturated rings. The Kier molecular flexibility index (Phi) is 6.07. The van der Waals surface area contributed by atoms with Crippen molar-refractivity contribution in [2.24, 2.45) is 0 Å². The molecule has 2 N–H and O–H groups in total. The highest BCUT2D eigenvalue weighted by Crippen LogP contribution is 2.29. The number of amides is 2. The van der Waals surface area contributed by atoms with Crippen LogP contribution in [0.2, 0.25) is 0 Å². The van der Waals surface area contributed by atoms with Crippen molar-refractivity contribution < 1.29 is 23.2 Å². The summed E-state index contributed by atoms with van der Waals surface area (Å²) in [5.41, 5.74) is 2.58. The molecule has 3 aromatic rings. The van der Waals surface area contributed by atoms with Gasteiger partial charge in [-0.3, -0.25) is 9.69 Å². The zero-order valence-electron chi connectivity index (χ0n) is 17.7. The zero-order chi connectivity index (χ0) is 22.7. The lowest BCUT2D eigenvalue weighted by Crippen LogP contribution is -2.33. The Morgan fingerprint density at radius 1 is 1.22 bits per heavy atom. The molecule has 0 radical (unpaired) electrons. The molecule has 8 nitrogen and oxygen atoms in total. The SMILES string of the molecule is CC(=O)NCC1CN(c2ccc(-c3ccc(CNc4cc(C)on4)cc3)c(F)c2)C(=O)O1. The molecule has 2 amide bonds. The number of benzene rings is 2. The number of ether oxygens (including phenoxy) is 1. The highest BCUT2D eigenvalue weighted by molar-refractivity contribution is 5.90. The van der Waals surface area contributed by atoms with Crippen LogP contribution in [0, 0.1) is 12.7 Å². The summed E-state index contributed by atoms with van der Waals surface area (Å²) in [5, 5.41) is 9.66. The molecule has 32 heavy (non-hydrogen) atoms. The number of aryl methyl sites for hydroxylation is 1. The van der Waals surface area contributed by atoms with Gasteiger partial charge in [-0.05, 0) is 36.2 Å². The largest absolute Gasteiger partial charge is 0.442 e. The van der Waals surface area contributed by atoms with E-state index in [1.807, 2.05) is 37.3 Å². The second-order valence-electron chi connectivity index (χ2n) is 7.59. The van der Waals surface area contributed by atoms with Crippen LogP contribution in [0.25, 0.3) is 11.1 Å². The Hall–Kier alpha value is -3.88. The fraction of sp³-hybridized carbons (Fsp3) is 0.261. The number of carbonyl (C=O) groups excluding carboxylic acids is 2. The average Bonchev–Trinajstić information content (AvgIpc) is 3.36. The Balaban J connectivity index is 1.41. The number of halogens is 1. The Morgan fingerprint density at radius 3 is 2.66 bits per heavy atom. The number of carbonyl (C=O) groups is 2. The van der Waals surface area contributed by atoms with Gasteiger partial charge in [0.1, 0.15) is 17.7 Å². The van der Waals surface area contributed by atoms with Gasteiger partial charge in [-0.15, -0.1) is 0 Å². The van der Waals surface area contributed by atoms with Crippen molar-refractivity contribution in [3.8, 4) is 11.1 Å². The maximum Gasteiger partial charge on any atom is 0.414 e. The van der Waals surface area contributed by atoms with E-state index in [0.717, 1.165) is 16.9 Å². The standard InChI is InChI=1S/C23H23FN4O4/c1-14-9-22(27-32-14)26-11-16-3-5-17(6-4-16)20-8-7-18(10-21(20)24)28-13-19(31-23(28)30)12-25-15(2)29/h3-10,19H,11-13H2,1-2H3,(H,25,29)(H,26,27). The van der Waals surface area contributed by atoms with Crippen LogP contribution in [0.1, 0.15) is 18.2 Å². The quantitative estimate of drug-likeness (QED) is 0.582. The highest BCUT2D eigenvalue weighted by Gasteiger charge is 2.32. The van der Waals surface area contributed by atoms with Crippen LogP contribution < -0.4 is 15.5 Å². The maximum atomic E-state index is 14.9. The predicted molar refractivity (Wildman–Crippen MR) is 117 cm³/mol. The molecule has 9 heteroatoms. The van der Waals surface area contributed by atoms with Crippen molar-refractivity contribution >= 4 is 23.5 Å². The number of rotatable bonds is 7. The summed E-state index contributed by atoms with van der Waals surface area (Å²) in [7, 11) is 0. The third kappa shape index (κ3) is 4.88. The van der Waals surface area contributed by atoms with E-state index in [9.17, 15) is 14.0 Å². The third-order valence-corrected chi connectivity index (χ3v) is 5.08. The van der Waals surface area contributed by atoms with Crippen LogP contribution >= 0.6 is 0 Å². The molecule has 2 aromatic carbocycles. The minimum Gasteiger partial charge on any atom is -0.442 e. The van der Waals surface area contributed by atoms with E-state index < -0.39 is 18.0 Å². The Morgan fingerprint density at radius 2 is 2.00 bits per heavy atom.